The summed E-state index contributed by atoms with van der Waals surface area (Å²) in [7, 11) is 0. The first-order valence-corrected chi connectivity index (χ1v) is 15.5. The van der Waals surface area contributed by atoms with Gasteiger partial charge in [-0.1, -0.05) is 71.8 Å². The van der Waals surface area contributed by atoms with Gasteiger partial charge in [0.25, 0.3) is 0 Å². The van der Waals surface area contributed by atoms with E-state index in [9.17, 15) is 19.3 Å². The fourth-order valence-electron chi connectivity index (χ4n) is 6.51. The molecule has 2 heterocycles. The van der Waals surface area contributed by atoms with Crippen molar-refractivity contribution in [2.24, 2.45) is 0 Å². The van der Waals surface area contributed by atoms with Crippen LogP contribution in [0.2, 0.25) is 0 Å². The Kier molecular flexibility index (Phi) is 9.31. The molecule has 0 spiro atoms. The van der Waals surface area contributed by atoms with Crippen molar-refractivity contribution in [3.05, 3.63) is 141 Å². The van der Waals surface area contributed by atoms with Gasteiger partial charge in [-0.2, -0.15) is 10.5 Å². The monoisotopic (exact) mass is 632 g/mol. The van der Waals surface area contributed by atoms with Gasteiger partial charge in [0.15, 0.2) is 0 Å². The Morgan fingerprint density at radius 3 is 1.43 bits per heavy atom. The van der Waals surface area contributed by atoms with Crippen molar-refractivity contribution in [3.8, 4) is 12.1 Å². The number of carbonyl (C=O) groups excluding carboxylic acids is 1. The van der Waals surface area contributed by atoms with Crippen molar-refractivity contribution in [1.82, 2.24) is 9.80 Å². The molecule has 6 rings (SSSR count). The molecule has 2 aliphatic heterocycles. The van der Waals surface area contributed by atoms with Crippen LogP contribution in [0.4, 0.5) is 13.6 Å². The van der Waals surface area contributed by atoms with Crippen molar-refractivity contribution >= 4 is 6.03 Å². The molecule has 4 aromatic carbocycles. The highest BCUT2D eigenvalue weighted by atomic mass is 19.1. The largest absolute Gasteiger partial charge is 0.347 e. The third kappa shape index (κ3) is 6.88. The number of halogens is 2. The molecule has 0 aromatic heterocycles. The normalized spacial score (nSPS) is 20.8. The maximum atomic E-state index is 15.0. The van der Waals surface area contributed by atoms with Gasteiger partial charge in [-0.15, -0.1) is 0 Å². The second-order valence-corrected chi connectivity index (χ2v) is 12.3. The molecule has 2 amide bonds. The highest BCUT2D eigenvalue weighted by Crippen LogP contribution is 2.35. The number of ether oxygens (including phenoxy) is 2. The molecule has 7 nitrogen and oxygen atoms in total. The van der Waals surface area contributed by atoms with Gasteiger partial charge < -0.3 is 19.3 Å². The molecule has 0 aliphatic carbocycles. The molecule has 238 valence electrons. The zero-order chi connectivity index (χ0) is 33.1. The Morgan fingerprint density at radius 2 is 1.04 bits per heavy atom. The Morgan fingerprint density at radius 1 is 0.660 bits per heavy atom. The van der Waals surface area contributed by atoms with Gasteiger partial charge >= 0.3 is 6.03 Å². The highest BCUT2D eigenvalue weighted by molar-refractivity contribution is 5.76. The van der Waals surface area contributed by atoms with Gasteiger partial charge in [0, 0.05) is 13.1 Å². The summed E-state index contributed by atoms with van der Waals surface area (Å²) in [6, 6.07) is 27.3. The van der Waals surface area contributed by atoms with E-state index in [4.69, 9.17) is 9.47 Å². The van der Waals surface area contributed by atoms with E-state index in [1.807, 2.05) is 74.5 Å². The van der Waals surface area contributed by atoms with Gasteiger partial charge in [-0.25, -0.2) is 13.6 Å². The predicted molar refractivity (Wildman–Crippen MR) is 171 cm³/mol. The molecule has 4 aromatic rings. The minimum absolute atomic E-state index is 0.0459. The average Bonchev–Trinajstić information content (AvgIpc) is 3.54. The lowest BCUT2D eigenvalue weighted by atomic mass is 9.90. The average molecular weight is 633 g/mol. The van der Waals surface area contributed by atoms with E-state index < -0.39 is 35.9 Å². The number of aryl methyl sites for hydroxylation is 2. The quantitative estimate of drug-likeness (QED) is 0.215. The zero-order valence-corrected chi connectivity index (χ0v) is 26.2. The lowest BCUT2D eigenvalue weighted by Gasteiger charge is -2.36. The lowest BCUT2D eigenvalue weighted by molar-refractivity contribution is 0.00167. The molecular weight excluding hydrogens is 598 g/mol. The number of nitriles is 2. The van der Waals surface area contributed by atoms with E-state index in [1.54, 1.807) is 21.9 Å². The van der Waals surface area contributed by atoms with Crippen LogP contribution < -0.4 is 0 Å². The summed E-state index contributed by atoms with van der Waals surface area (Å²) in [5.41, 5.74) is 5.19. The van der Waals surface area contributed by atoms with Crippen molar-refractivity contribution in [3.63, 3.8) is 0 Å². The highest BCUT2D eigenvalue weighted by Gasteiger charge is 2.51. The molecule has 0 bridgehead atoms. The van der Waals surface area contributed by atoms with Crippen LogP contribution in [0, 0.1) is 48.1 Å². The van der Waals surface area contributed by atoms with Gasteiger partial charge in [-0.3, -0.25) is 0 Å². The summed E-state index contributed by atoms with van der Waals surface area (Å²) in [4.78, 5) is 18.5. The first-order chi connectivity index (χ1) is 22.7. The molecule has 0 N–H and O–H groups in total. The Hall–Kier alpha value is -5.09. The second-order valence-electron chi connectivity index (χ2n) is 12.3. The summed E-state index contributed by atoms with van der Waals surface area (Å²) in [5, 5.41) is 19.1. The van der Waals surface area contributed by atoms with E-state index in [-0.39, 0.29) is 37.0 Å². The minimum Gasteiger partial charge on any atom is -0.347 e. The number of nitrogens with zero attached hydrogens (tertiary/aromatic N) is 4. The predicted octanol–water partition coefficient (Wildman–Crippen LogP) is 6.73. The maximum Gasteiger partial charge on any atom is 0.321 e. The van der Waals surface area contributed by atoms with Crippen molar-refractivity contribution in [2.75, 3.05) is 6.79 Å². The van der Waals surface area contributed by atoms with Gasteiger partial charge in [0.2, 0.25) is 0 Å². The summed E-state index contributed by atoms with van der Waals surface area (Å²) in [6.07, 6.45) is -0.106. The fraction of sp³-hybridized carbons (Fsp3) is 0.289. The number of benzene rings is 4. The number of fused-ring (bicyclic) bond motifs is 1. The van der Waals surface area contributed by atoms with Gasteiger partial charge in [0.1, 0.15) is 42.8 Å². The first-order valence-electron chi connectivity index (χ1n) is 15.5. The molecule has 4 atom stereocenters. The van der Waals surface area contributed by atoms with Crippen LogP contribution in [0.1, 0.15) is 44.5 Å². The lowest BCUT2D eigenvalue weighted by Crippen LogP contribution is -2.50. The van der Waals surface area contributed by atoms with Gasteiger partial charge in [0.05, 0.1) is 23.2 Å². The van der Waals surface area contributed by atoms with E-state index in [0.717, 1.165) is 22.3 Å². The maximum absolute atomic E-state index is 15.0. The van der Waals surface area contributed by atoms with Crippen LogP contribution in [0.5, 0.6) is 0 Å². The number of hydrogen-bond donors (Lipinski definition) is 0. The summed E-state index contributed by atoms with van der Waals surface area (Å²) in [5.74, 6) is -1.27. The SMILES string of the molecule is Cc1ccc(C[C@@H]2[C@@H]3OCO[C@H]3[C@@H](Cc3ccc(C)cc3)N(Cc3ccc(F)c(C#N)c3)C(=O)N2Cc2ccc(F)c(C#N)c2)cc1. The van der Waals surface area contributed by atoms with Crippen LogP contribution in [0.25, 0.3) is 0 Å². The smallest absolute Gasteiger partial charge is 0.321 e. The van der Waals surface area contributed by atoms with E-state index in [0.29, 0.717) is 24.0 Å². The van der Waals surface area contributed by atoms with E-state index in [1.165, 1.54) is 24.3 Å². The summed E-state index contributed by atoms with van der Waals surface area (Å²) in [6.45, 7) is 4.23. The standard InChI is InChI=1S/C38H34F2N4O3/c1-24-3-7-26(8-4-24)17-34-36-37(47-23-46-36)35(18-27-9-5-25(2)6-10-27)44(22-29-12-14-33(40)31(16-29)20-42)38(45)43(34)21-28-11-13-32(39)30(15-28)19-41/h3-16,34-37H,17-18,21-23H2,1-2H3/t34-,35-,36+,37+/m1/s1. The minimum atomic E-state index is -0.633. The number of rotatable bonds is 8. The number of carbonyl (C=O) groups is 1. The van der Waals surface area contributed by atoms with Crippen LogP contribution in [0.15, 0.2) is 84.9 Å². The Bertz CT molecular complexity index is 1720. The topological polar surface area (TPSA) is 89.6 Å². The molecule has 9 heteroatoms. The molecule has 47 heavy (non-hydrogen) atoms. The van der Waals surface area contributed by atoms with Crippen LogP contribution >= 0.6 is 0 Å². The third-order valence-corrected chi connectivity index (χ3v) is 9.03. The van der Waals surface area contributed by atoms with Crippen LogP contribution in [-0.4, -0.2) is 46.9 Å². The van der Waals surface area contributed by atoms with E-state index in [2.05, 4.69) is 0 Å². The fourth-order valence-corrected chi connectivity index (χ4v) is 6.51. The van der Waals surface area contributed by atoms with Crippen LogP contribution in [-0.2, 0) is 35.4 Å². The number of amides is 2. The molecule has 0 saturated carbocycles. The second kappa shape index (κ2) is 13.7. The number of hydrogen-bond acceptors (Lipinski definition) is 5. The molecule has 2 aliphatic rings. The molecular formula is C38H34F2N4O3. The molecule has 0 radical (unpaired) electrons. The molecule has 2 saturated heterocycles. The molecule has 0 unspecified atom stereocenters. The van der Waals surface area contributed by atoms with Crippen molar-refractivity contribution in [2.45, 2.75) is 64.1 Å². The Balaban J connectivity index is 1.47. The summed E-state index contributed by atoms with van der Waals surface area (Å²) >= 11 is 0. The Labute approximate surface area is 273 Å². The third-order valence-electron chi connectivity index (χ3n) is 9.03. The number of urea groups is 1. The van der Waals surface area contributed by atoms with Gasteiger partial charge in [-0.05, 0) is 73.2 Å². The van der Waals surface area contributed by atoms with E-state index >= 15 is 4.79 Å². The van der Waals surface area contributed by atoms with Crippen LogP contribution in [0.3, 0.4) is 0 Å². The summed E-state index contributed by atoms with van der Waals surface area (Å²) < 4.78 is 41.3. The molecule has 2 fully saturated rings. The van der Waals surface area contributed by atoms with Crippen molar-refractivity contribution in [1.29, 1.82) is 10.5 Å². The van der Waals surface area contributed by atoms with Crippen molar-refractivity contribution < 1.29 is 23.0 Å². The first kappa shape index (κ1) is 31.9. The zero-order valence-electron chi connectivity index (χ0n) is 26.2.